The molecule has 1 atom stereocenters. The molecule has 0 aliphatic carbocycles. The van der Waals surface area contributed by atoms with E-state index in [0.717, 1.165) is 38.0 Å². The zero-order valence-corrected chi connectivity index (χ0v) is 16.6. The van der Waals surface area contributed by atoms with Crippen LogP contribution in [0.3, 0.4) is 0 Å². The van der Waals surface area contributed by atoms with E-state index in [4.69, 9.17) is 4.74 Å². The first kappa shape index (κ1) is 21.9. The van der Waals surface area contributed by atoms with Crippen LogP contribution in [0.1, 0.15) is 104 Å². The molecule has 144 valence electrons. The zero-order valence-electron chi connectivity index (χ0n) is 16.6. The molecule has 3 heteroatoms. The SMILES string of the molecule is CCCCCCCCC=CC1(CCCCCC(C)C)CC(=O)OC1=O. The molecule has 0 spiro atoms. The summed E-state index contributed by atoms with van der Waals surface area (Å²) in [6, 6.07) is 0. The largest absolute Gasteiger partial charge is 0.392 e. The maximum Gasteiger partial charge on any atom is 0.324 e. The van der Waals surface area contributed by atoms with Gasteiger partial charge in [0.25, 0.3) is 0 Å². The van der Waals surface area contributed by atoms with Gasteiger partial charge in [0.15, 0.2) is 0 Å². The summed E-state index contributed by atoms with van der Waals surface area (Å²) in [5.74, 6) is 0.0288. The summed E-state index contributed by atoms with van der Waals surface area (Å²) in [4.78, 5) is 23.8. The summed E-state index contributed by atoms with van der Waals surface area (Å²) in [6.07, 6.45) is 18.2. The Morgan fingerprint density at radius 3 is 2.32 bits per heavy atom. The molecule has 1 rings (SSSR count). The summed E-state index contributed by atoms with van der Waals surface area (Å²) >= 11 is 0. The van der Waals surface area contributed by atoms with Crippen molar-refractivity contribution in [1.29, 1.82) is 0 Å². The number of rotatable bonds is 14. The summed E-state index contributed by atoms with van der Waals surface area (Å²) in [5, 5.41) is 0. The van der Waals surface area contributed by atoms with Crippen LogP contribution in [-0.4, -0.2) is 11.9 Å². The van der Waals surface area contributed by atoms with Crippen LogP contribution in [0.2, 0.25) is 0 Å². The Kier molecular flexibility index (Phi) is 10.8. The normalized spacial score (nSPS) is 20.8. The van der Waals surface area contributed by atoms with Crippen LogP contribution in [0.5, 0.6) is 0 Å². The molecule has 1 saturated heterocycles. The van der Waals surface area contributed by atoms with Gasteiger partial charge in [-0.2, -0.15) is 0 Å². The molecule has 0 aromatic heterocycles. The number of cyclic esters (lactones) is 2. The molecule has 1 unspecified atom stereocenters. The van der Waals surface area contributed by atoms with E-state index in [-0.39, 0.29) is 18.4 Å². The van der Waals surface area contributed by atoms with E-state index in [1.165, 1.54) is 44.9 Å². The Morgan fingerprint density at radius 2 is 1.68 bits per heavy atom. The van der Waals surface area contributed by atoms with Crippen LogP contribution in [0.15, 0.2) is 12.2 Å². The summed E-state index contributed by atoms with van der Waals surface area (Å²) in [6.45, 7) is 6.70. The minimum absolute atomic E-state index is 0.225. The molecule has 1 aliphatic rings. The van der Waals surface area contributed by atoms with Crippen molar-refractivity contribution < 1.29 is 14.3 Å². The predicted octanol–water partition coefficient (Wildman–Crippen LogP) is 6.36. The number of hydrogen-bond donors (Lipinski definition) is 0. The van der Waals surface area contributed by atoms with Gasteiger partial charge in [-0.15, -0.1) is 0 Å². The van der Waals surface area contributed by atoms with Gasteiger partial charge in [0.05, 0.1) is 11.8 Å². The molecule has 0 aromatic carbocycles. The first-order valence-corrected chi connectivity index (χ1v) is 10.4. The van der Waals surface area contributed by atoms with Gasteiger partial charge in [-0.25, -0.2) is 0 Å². The molecule has 0 aromatic rings. The minimum Gasteiger partial charge on any atom is -0.392 e. The zero-order chi connectivity index (χ0) is 18.5. The van der Waals surface area contributed by atoms with E-state index in [2.05, 4.69) is 26.8 Å². The highest BCUT2D eigenvalue weighted by Gasteiger charge is 2.46. The van der Waals surface area contributed by atoms with Crippen LogP contribution in [0, 0.1) is 11.3 Å². The van der Waals surface area contributed by atoms with Crippen LogP contribution in [0.4, 0.5) is 0 Å². The third kappa shape index (κ3) is 8.69. The molecule has 0 saturated carbocycles. The Morgan fingerprint density at radius 1 is 1.00 bits per heavy atom. The van der Waals surface area contributed by atoms with Crippen molar-refractivity contribution in [2.75, 3.05) is 0 Å². The van der Waals surface area contributed by atoms with Crippen molar-refractivity contribution in [3.63, 3.8) is 0 Å². The first-order chi connectivity index (χ1) is 12.0. The van der Waals surface area contributed by atoms with E-state index >= 15 is 0 Å². The lowest BCUT2D eigenvalue weighted by Gasteiger charge is -2.19. The fraction of sp³-hybridized carbons (Fsp3) is 0.818. The highest BCUT2D eigenvalue weighted by Crippen LogP contribution is 2.38. The Labute approximate surface area is 154 Å². The lowest BCUT2D eigenvalue weighted by Crippen LogP contribution is -2.24. The molecule has 3 nitrogen and oxygen atoms in total. The second-order valence-corrected chi connectivity index (χ2v) is 8.05. The van der Waals surface area contributed by atoms with Gasteiger partial charge >= 0.3 is 11.9 Å². The highest BCUT2D eigenvalue weighted by atomic mass is 16.6. The average molecular weight is 351 g/mol. The number of allylic oxidation sites excluding steroid dienone is 1. The number of carbonyl (C=O) groups excluding carboxylic acids is 2. The summed E-state index contributed by atoms with van der Waals surface area (Å²) < 4.78 is 4.87. The number of hydrogen-bond acceptors (Lipinski definition) is 3. The van der Waals surface area contributed by atoms with E-state index in [0.29, 0.717) is 0 Å². The van der Waals surface area contributed by atoms with E-state index in [9.17, 15) is 9.59 Å². The molecule has 1 heterocycles. The van der Waals surface area contributed by atoms with Crippen molar-refractivity contribution in [3.05, 3.63) is 12.2 Å². The maximum absolute atomic E-state index is 12.2. The minimum atomic E-state index is -0.683. The smallest absolute Gasteiger partial charge is 0.324 e. The molecule has 0 bridgehead atoms. The quantitative estimate of drug-likeness (QED) is 0.158. The molecular formula is C22H38O3. The third-order valence-corrected chi connectivity index (χ3v) is 5.14. The Hall–Kier alpha value is -1.12. The van der Waals surface area contributed by atoms with E-state index < -0.39 is 5.41 Å². The van der Waals surface area contributed by atoms with Crippen molar-refractivity contribution in [1.82, 2.24) is 0 Å². The Bertz CT molecular complexity index is 425. The lowest BCUT2D eigenvalue weighted by molar-refractivity contribution is -0.154. The summed E-state index contributed by atoms with van der Waals surface area (Å²) in [5.41, 5.74) is -0.683. The molecule has 0 amide bonds. The van der Waals surface area contributed by atoms with Crippen LogP contribution < -0.4 is 0 Å². The topological polar surface area (TPSA) is 43.4 Å². The predicted molar refractivity (Wildman–Crippen MR) is 103 cm³/mol. The molecular weight excluding hydrogens is 312 g/mol. The van der Waals surface area contributed by atoms with Gasteiger partial charge in [0.2, 0.25) is 0 Å². The van der Waals surface area contributed by atoms with E-state index in [1.54, 1.807) is 0 Å². The fourth-order valence-electron chi connectivity index (χ4n) is 3.49. The summed E-state index contributed by atoms with van der Waals surface area (Å²) in [7, 11) is 0. The van der Waals surface area contributed by atoms with Crippen molar-refractivity contribution in [2.24, 2.45) is 11.3 Å². The van der Waals surface area contributed by atoms with E-state index in [1.807, 2.05) is 6.08 Å². The monoisotopic (exact) mass is 350 g/mol. The van der Waals surface area contributed by atoms with Gasteiger partial charge < -0.3 is 4.74 Å². The Balaban J connectivity index is 2.38. The second kappa shape index (κ2) is 12.3. The van der Waals surface area contributed by atoms with Gasteiger partial charge in [-0.1, -0.05) is 90.7 Å². The second-order valence-electron chi connectivity index (χ2n) is 8.05. The molecule has 1 fully saturated rings. The molecule has 1 aliphatic heterocycles. The van der Waals surface area contributed by atoms with Gasteiger partial charge in [0.1, 0.15) is 0 Å². The molecule has 25 heavy (non-hydrogen) atoms. The number of unbranched alkanes of at least 4 members (excludes halogenated alkanes) is 8. The van der Waals surface area contributed by atoms with Crippen LogP contribution in [-0.2, 0) is 14.3 Å². The fourth-order valence-corrected chi connectivity index (χ4v) is 3.49. The maximum atomic E-state index is 12.2. The average Bonchev–Trinajstić information content (AvgIpc) is 2.83. The van der Waals surface area contributed by atoms with Crippen molar-refractivity contribution >= 4 is 11.9 Å². The molecule has 0 N–H and O–H groups in total. The van der Waals surface area contributed by atoms with Crippen molar-refractivity contribution in [2.45, 2.75) is 104 Å². The first-order valence-electron chi connectivity index (χ1n) is 10.4. The third-order valence-electron chi connectivity index (χ3n) is 5.14. The van der Waals surface area contributed by atoms with Gasteiger partial charge in [-0.3, -0.25) is 9.59 Å². The van der Waals surface area contributed by atoms with Crippen LogP contribution >= 0.6 is 0 Å². The highest BCUT2D eigenvalue weighted by molar-refractivity contribution is 5.98. The van der Waals surface area contributed by atoms with Gasteiger partial charge in [0, 0.05) is 0 Å². The van der Waals surface area contributed by atoms with Crippen LogP contribution in [0.25, 0.3) is 0 Å². The van der Waals surface area contributed by atoms with Gasteiger partial charge in [-0.05, 0) is 25.2 Å². The number of ether oxygens (including phenoxy) is 1. The molecule has 0 radical (unpaired) electrons. The standard InChI is InChI=1S/C22H38O3/c1-4-5-6-7-8-9-10-13-16-22(18-20(23)25-21(22)24)17-14-11-12-15-19(2)3/h13,16,19H,4-12,14-15,17-18H2,1-3H3. The lowest BCUT2D eigenvalue weighted by atomic mass is 9.80. The number of esters is 2. The number of carbonyl (C=O) groups is 2. The van der Waals surface area contributed by atoms with Crippen molar-refractivity contribution in [3.8, 4) is 0 Å².